The number of fused-ring (bicyclic) bond motifs is 2. The van der Waals surface area contributed by atoms with Gasteiger partial charge in [-0.1, -0.05) is 42.7 Å². The molecule has 3 aromatic rings. The molecule has 7 nitrogen and oxygen atoms in total. The Labute approximate surface area is 228 Å². The van der Waals surface area contributed by atoms with Crippen LogP contribution in [0.4, 0.5) is 16.5 Å². The first-order valence-electron chi connectivity index (χ1n) is 14.2. The standard InChI is InChI=1S/C30H37N5O2S/c36-28(20-5-1-2-6-20)35-30-34-26-13-11-24(17-27(26)38-30)33-29(37)22-7-3-9-23(16-22)32-18-19-10-12-25-21(15-19)8-4-14-31-25/h10-13,15,17,20,22-23,31-32H,1-9,14,16,18H2,(H,33,37)(H,34,35,36). The zero-order valence-corrected chi connectivity index (χ0v) is 22.7. The smallest absolute Gasteiger partial charge is 0.229 e. The number of hydrogen-bond donors (Lipinski definition) is 4. The Kier molecular flexibility index (Phi) is 7.60. The first-order valence-corrected chi connectivity index (χ1v) is 15.0. The van der Waals surface area contributed by atoms with E-state index >= 15 is 0 Å². The molecule has 200 valence electrons. The van der Waals surface area contributed by atoms with Crippen molar-refractivity contribution >= 4 is 49.9 Å². The molecule has 0 saturated heterocycles. The van der Waals surface area contributed by atoms with Gasteiger partial charge in [0.25, 0.3) is 0 Å². The first kappa shape index (κ1) is 25.3. The molecule has 8 heteroatoms. The highest BCUT2D eigenvalue weighted by Gasteiger charge is 2.27. The second-order valence-corrected chi connectivity index (χ2v) is 12.2. The lowest BCUT2D eigenvalue weighted by molar-refractivity contribution is -0.121. The Morgan fingerprint density at radius 2 is 1.76 bits per heavy atom. The largest absolute Gasteiger partial charge is 0.385 e. The summed E-state index contributed by atoms with van der Waals surface area (Å²) in [5.41, 5.74) is 5.64. The fourth-order valence-electron chi connectivity index (χ4n) is 6.21. The average Bonchev–Trinajstić information content (AvgIpc) is 3.62. The van der Waals surface area contributed by atoms with Crippen LogP contribution < -0.4 is 21.3 Å². The van der Waals surface area contributed by atoms with E-state index in [4.69, 9.17) is 0 Å². The van der Waals surface area contributed by atoms with E-state index in [0.29, 0.717) is 11.2 Å². The van der Waals surface area contributed by atoms with Crippen molar-refractivity contribution in [2.24, 2.45) is 11.8 Å². The Morgan fingerprint density at radius 3 is 2.66 bits per heavy atom. The number of carbonyl (C=O) groups excluding carboxylic acids is 2. The van der Waals surface area contributed by atoms with Crippen molar-refractivity contribution in [1.82, 2.24) is 10.3 Å². The fourth-order valence-corrected chi connectivity index (χ4v) is 7.12. The molecule has 2 atom stereocenters. The lowest BCUT2D eigenvalue weighted by Gasteiger charge is -2.29. The topological polar surface area (TPSA) is 95.2 Å². The van der Waals surface area contributed by atoms with Gasteiger partial charge in [-0.2, -0.15) is 0 Å². The second kappa shape index (κ2) is 11.4. The van der Waals surface area contributed by atoms with Gasteiger partial charge in [0.05, 0.1) is 10.2 Å². The molecule has 1 aromatic heterocycles. The van der Waals surface area contributed by atoms with Gasteiger partial charge >= 0.3 is 0 Å². The summed E-state index contributed by atoms with van der Waals surface area (Å²) in [6.45, 7) is 1.90. The van der Waals surface area contributed by atoms with Gasteiger partial charge in [-0.05, 0) is 80.3 Å². The molecule has 2 aromatic carbocycles. The van der Waals surface area contributed by atoms with Crippen molar-refractivity contribution in [3.8, 4) is 0 Å². The normalized spacial score (nSPS) is 21.6. The highest BCUT2D eigenvalue weighted by atomic mass is 32.1. The lowest BCUT2D eigenvalue weighted by Crippen LogP contribution is -2.37. The molecular formula is C30H37N5O2S. The highest BCUT2D eigenvalue weighted by Crippen LogP contribution is 2.32. The molecule has 1 aliphatic heterocycles. The summed E-state index contributed by atoms with van der Waals surface area (Å²) in [5.74, 6) is 0.294. The predicted octanol–water partition coefficient (Wildman–Crippen LogP) is 6.07. The zero-order valence-electron chi connectivity index (χ0n) is 21.9. The summed E-state index contributed by atoms with van der Waals surface area (Å²) >= 11 is 1.47. The number of thiazole rings is 1. The molecule has 0 spiro atoms. The average molecular weight is 532 g/mol. The fraction of sp³-hybridized carbons (Fsp3) is 0.500. The summed E-state index contributed by atoms with van der Waals surface area (Å²) in [6.07, 6.45) is 10.5. The van der Waals surface area contributed by atoms with Crippen molar-refractivity contribution in [3.05, 3.63) is 47.5 Å². The Bertz CT molecular complexity index is 1320. The number of benzene rings is 2. The van der Waals surface area contributed by atoms with Gasteiger partial charge in [0.1, 0.15) is 0 Å². The molecule has 2 aliphatic carbocycles. The molecule has 2 amide bonds. The molecule has 2 unspecified atom stereocenters. The SMILES string of the molecule is O=C(Nc1ccc2nc(NC(=O)C3CCCC3)sc2c1)C1CCCC(NCc2ccc3c(c2)CCCN3)C1. The van der Waals surface area contributed by atoms with Crippen LogP contribution in [0.5, 0.6) is 0 Å². The molecule has 4 N–H and O–H groups in total. The van der Waals surface area contributed by atoms with Gasteiger partial charge in [0.15, 0.2) is 5.13 Å². The number of carbonyl (C=O) groups is 2. The number of amides is 2. The maximum absolute atomic E-state index is 13.2. The van der Waals surface area contributed by atoms with Gasteiger partial charge < -0.3 is 21.3 Å². The number of anilines is 3. The summed E-state index contributed by atoms with van der Waals surface area (Å²) in [5, 5.41) is 14.0. The third-order valence-corrected chi connectivity index (χ3v) is 9.29. The van der Waals surface area contributed by atoms with Crippen molar-refractivity contribution in [3.63, 3.8) is 0 Å². The zero-order chi connectivity index (χ0) is 25.9. The summed E-state index contributed by atoms with van der Waals surface area (Å²) in [6, 6.07) is 12.9. The minimum atomic E-state index is 0.00685. The van der Waals surface area contributed by atoms with E-state index in [1.165, 1.54) is 34.6 Å². The van der Waals surface area contributed by atoms with Crippen LogP contribution >= 0.6 is 11.3 Å². The summed E-state index contributed by atoms with van der Waals surface area (Å²) < 4.78 is 0.966. The number of aryl methyl sites for hydroxylation is 1. The van der Waals surface area contributed by atoms with E-state index < -0.39 is 0 Å². The van der Waals surface area contributed by atoms with Crippen molar-refractivity contribution in [2.45, 2.75) is 76.8 Å². The molecule has 0 radical (unpaired) electrons. The lowest BCUT2D eigenvalue weighted by atomic mass is 9.85. The highest BCUT2D eigenvalue weighted by molar-refractivity contribution is 7.22. The van der Waals surface area contributed by atoms with Crippen molar-refractivity contribution in [2.75, 3.05) is 22.5 Å². The Balaban J connectivity index is 1.03. The third-order valence-electron chi connectivity index (χ3n) is 8.36. The molecule has 2 fully saturated rings. The van der Waals surface area contributed by atoms with Gasteiger partial charge in [0, 0.05) is 42.3 Å². The molecule has 0 bridgehead atoms. The Hall–Kier alpha value is -2.97. The maximum Gasteiger partial charge on any atom is 0.229 e. The second-order valence-electron chi connectivity index (χ2n) is 11.1. The van der Waals surface area contributed by atoms with Gasteiger partial charge in [-0.15, -0.1) is 0 Å². The van der Waals surface area contributed by atoms with E-state index in [0.717, 1.165) is 86.8 Å². The van der Waals surface area contributed by atoms with Crippen LogP contribution in [0.15, 0.2) is 36.4 Å². The number of rotatable bonds is 7. The van der Waals surface area contributed by atoms with E-state index in [1.807, 2.05) is 18.2 Å². The van der Waals surface area contributed by atoms with Crippen molar-refractivity contribution < 1.29 is 9.59 Å². The first-order chi connectivity index (χ1) is 18.6. The van der Waals surface area contributed by atoms with Gasteiger partial charge in [0.2, 0.25) is 11.8 Å². The number of aromatic nitrogens is 1. The minimum Gasteiger partial charge on any atom is -0.385 e. The van der Waals surface area contributed by atoms with Crippen LogP contribution in [-0.4, -0.2) is 29.4 Å². The predicted molar refractivity (Wildman–Crippen MR) is 155 cm³/mol. The van der Waals surface area contributed by atoms with Crippen LogP contribution in [0.3, 0.4) is 0 Å². The van der Waals surface area contributed by atoms with E-state index in [9.17, 15) is 9.59 Å². The van der Waals surface area contributed by atoms with Gasteiger partial charge in [-0.3, -0.25) is 9.59 Å². The third kappa shape index (κ3) is 5.86. The monoisotopic (exact) mass is 531 g/mol. The van der Waals surface area contributed by atoms with Crippen molar-refractivity contribution in [1.29, 1.82) is 0 Å². The molecule has 2 saturated carbocycles. The quantitative estimate of drug-likeness (QED) is 0.297. The van der Waals surface area contributed by atoms with E-state index in [1.54, 1.807) is 0 Å². The molecular weight excluding hydrogens is 494 g/mol. The van der Waals surface area contributed by atoms with Crippen LogP contribution in [0.2, 0.25) is 0 Å². The van der Waals surface area contributed by atoms with E-state index in [2.05, 4.69) is 44.5 Å². The minimum absolute atomic E-state index is 0.00685. The molecule has 2 heterocycles. The van der Waals surface area contributed by atoms with Crippen LogP contribution in [0, 0.1) is 11.8 Å². The number of nitrogens with one attached hydrogen (secondary N) is 4. The summed E-state index contributed by atoms with van der Waals surface area (Å²) in [7, 11) is 0. The van der Waals surface area contributed by atoms with Crippen LogP contribution in [0.25, 0.3) is 10.2 Å². The molecule has 6 rings (SSSR count). The molecule has 3 aliphatic rings. The number of hydrogen-bond acceptors (Lipinski definition) is 6. The van der Waals surface area contributed by atoms with Crippen LogP contribution in [-0.2, 0) is 22.6 Å². The number of nitrogens with zero attached hydrogens (tertiary/aromatic N) is 1. The van der Waals surface area contributed by atoms with Crippen LogP contribution in [0.1, 0.15) is 68.9 Å². The van der Waals surface area contributed by atoms with Gasteiger partial charge in [-0.25, -0.2) is 4.98 Å². The van der Waals surface area contributed by atoms with E-state index in [-0.39, 0.29) is 23.7 Å². The summed E-state index contributed by atoms with van der Waals surface area (Å²) in [4.78, 5) is 30.2. The maximum atomic E-state index is 13.2. The molecule has 38 heavy (non-hydrogen) atoms. The Morgan fingerprint density at radius 1 is 0.921 bits per heavy atom.